The third-order valence-corrected chi connectivity index (χ3v) is 1.76. The zero-order valence-corrected chi connectivity index (χ0v) is 8.12. The number of hydrogen-bond donors (Lipinski definition) is 1. The molecule has 1 atom stereocenters. The van der Waals surface area contributed by atoms with Crippen molar-refractivity contribution in [1.82, 2.24) is 0 Å². The summed E-state index contributed by atoms with van der Waals surface area (Å²) >= 11 is 0. The molecule has 1 aromatic rings. The van der Waals surface area contributed by atoms with E-state index in [1.807, 2.05) is 0 Å². The minimum Gasteiger partial charge on any atom is -0.481 e. The minimum absolute atomic E-state index is 0.517. The molecule has 5 nitrogen and oxygen atoms in total. The average Bonchev–Trinajstić information content (AvgIpc) is 2.26. The Balaban J connectivity index is 2.67. The quantitative estimate of drug-likeness (QED) is 0.606. The lowest BCUT2D eigenvalue weighted by atomic mass is 10.2. The Bertz CT molecular complexity index is 387. The van der Waals surface area contributed by atoms with Crippen LogP contribution in [0, 0.1) is 5.92 Å². The van der Waals surface area contributed by atoms with E-state index >= 15 is 0 Å². The smallest absolute Gasteiger partial charge is 0.315 e. The van der Waals surface area contributed by atoms with Crippen molar-refractivity contribution >= 4 is 17.6 Å². The number of nitrogens with zero attached hydrogens (tertiary/aromatic N) is 2. The first-order valence-corrected chi connectivity index (χ1v) is 4.34. The summed E-state index contributed by atoms with van der Waals surface area (Å²) in [6, 6.07) is 8.64. The van der Waals surface area contributed by atoms with Crippen molar-refractivity contribution in [3.63, 3.8) is 0 Å². The van der Waals surface area contributed by atoms with Crippen molar-refractivity contribution in [3.05, 3.63) is 30.3 Å². The molecule has 0 aliphatic rings. The molecule has 15 heavy (non-hydrogen) atoms. The van der Waals surface area contributed by atoms with E-state index in [1.165, 1.54) is 6.92 Å². The number of carbonyl (C=O) groups is 2. The molecular formula is C10H10N2O3. The van der Waals surface area contributed by atoms with E-state index in [1.54, 1.807) is 30.3 Å². The number of rotatable bonds is 3. The summed E-state index contributed by atoms with van der Waals surface area (Å²) in [5.41, 5.74) is 0.517. The van der Waals surface area contributed by atoms with Gasteiger partial charge in [-0.2, -0.15) is 0 Å². The number of carboxylic acids is 1. The summed E-state index contributed by atoms with van der Waals surface area (Å²) in [4.78, 5) is 21.5. The lowest BCUT2D eigenvalue weighted by molar-refractivity contribution is -0.145. The maximum Gasteiger partial charge on any atom is 0.315 e. The van der Waals surface area contributed by atoms with Gasteiger partial charge in [0.05, 0.1) is 5.69 Å². The molecule has 0 radical (unpaired) electrons. The van der Waals surface area contributed by atoms with Crippen LogP contribution in [0.2, 0.25) is 0 Å². The van der Waals surface area contributed by atoms with Crippen LogP contribution in [0.15, 0.2) is 40.6 Å². The fraction of sp³-hybridized carbons (Fsp3) is 0.200. The fourth-order valence-electron chi connectivity index (χ4n) is 0.794. The van der Waals surface area contributed by atoms with Gasteiger partial charge in [0.15, 0.2) is 0 Å². The van der Waals surface area contributed by atoms with Crippen molar-refractivity contribution in [2.45, 2.75) is 6.92 Å². The third-order valence-electron chi connectivity index (χ3n) is 1.76. The number of carbonyl (C=O) groups excluding carboxylic acids is 1. The molecule has 1 rings (SSSR count). The first-order chi connectivity index (χ1) is 7.11. The Morgan fingerprint density at radius 2 is 1.87 bits per heavy atom. The normalized spacial score (nSPS) is 12.6. The van der Waals surface area contributed by atoms with Gasteiger partial charge in [0.25, 0.3) is 5.91 Å². The first-order valence-electron chi connectivity index (χ1n) is 4.34. The van der Waals surface area contributed by atoms with Crippen LogP contribution in [0.25, 0.3) is 0 Å². The van der Waals surface area contributed by atoms with Gasteiger partial charge in [-0.25, -0.2) is 0 Å². The first kappa shape index (κ1) is 11.0. The van der Waals surface area contributed by atoms with Crippen molar-refractivity contribution in [1.29, 1.82) is 0 Å². The second-order valence-corrected chi connectivity index (χ2v) is 2.93. The summed E-state index contributed by atoms with van der Waals surface area (Å²) < 4.78 is 0. The van der Waals surface area contributed by atoms with Gasteiger partial charge >= 0.3 is 5.97 Å². The van der Waals surface area contributed by atoms with Crippen LogP contribution in [0.4, 0.5) is 5.69 Å². The second kappa shape index (κ2) is 4.99. The summed E-state index contributed by atoms with van der Waals surface area (Å²) in [6.45, 7) is 1.27. The highest BCUT2D eigenvalue weighted by Gasteiger charge is 2.19. The predicted octanol–water partition coefficient (Wildman–Crippen LogP) is 2.02. The molecular weight excluding hydrogens is 196 g/mol. The van der Waals surface area contributed by atoms with E-state index in [9.17, 15) is 9.59 Å². The molecule has 1 amide bonds. The summed E-state index contributed by atoms with van der Waals surface area (Å²) in [6.07, 6.45) is 0. The molecule has 0 spiro atoms. The van der Waals surface area contributed by atoms with Crippen molar-refractivity contribution < 1.29 is 14.7 Å². The highest BCUT2D eigenvalue weighted by molar-refractivity contribution is 5.96. The molecule has 1 aromatic carbocycles. The molecule has 0 aliphatic carbocycles. The molecule has 0 aromatic heterocycles. The zero-order chi connectivity index (χ0) is 11.3. The van der Waals surface area contributed by atoms with E-state index in [-0.39, 0.29) is 0 Å². The Kier molecular flexibility index (Phi) is 3.68. The van der Waals surface area contributed by atoms with Crippen LogP contribution in [-0.2, 0) is 9.59 Å². The molecule has 0 saturated carbocycles. The van der Waals surface area contributed by atoms with Crippen molar-refractivity contribution in [2.24, 2.45) is 16.1 Å². The Morgan fingerprint density at radius 3 is 2.40 bits per heavy atom. The van der Waals surface area contributed by atoms with E-state index in [2.05, 4.69) is 10.2 Å². The van der Waals surface area contributed by atoms with E-state index in [4.69, 9.17) is 5.11 Å². The van der Waals surface area contributed by atoms with Crippen LogP contribution in [0.5, 0.6) is 0 Å². The molecule has 1 N–H and O–H groups in total. The topological polar surface area (TPSA) is 79.1 Å². The van der Waals surface area contributed by atoms with Gasteiger partial charge in [-0.15, -0.1) is 10.2 Å². The highest BCUT2D eigenvalue weighted by atomic mass is 16.4. The number of benzene rings is 1. The minimum atomic E-state index is -1.20. The van der Waals surface area contributed by atoms with Crippen LogP contribution < -0.4 is 0 Å². The van der Waals surface area contributed by atoms with Gasteiger partial charge in [0.1, 0.15) is 5.92 Å². The van der Waals surface area contributed by atoms with Crippen LogP contribution in [0.1, 0.15) is 6.92 Å². The number of aliphatic carboxylic acids is 1. The van der Waals surface area contributed by atoms with Crippen molar-refractivity contribution in [2.75, 3.05) is 0 Å². The molecule has 0 heterocycles. The number of azo groups is 1. The second-order valence-electron chi connectivity index (χ2n) is 2.93. The molecule has 5 heteroatoms. The monoisotopic (exact) mass is 206 g/mol. The van der Waals surface area contributed by atoms with Crippen LogP contribution in [0.3, 0.4) is 0 Å². The largest absolute Gasteiger partial charge is 0.481 e. The third kappa shape index (κ3) is 3.30. The lowest BCUT2D eigenvalue weighted by Crippen LogP contribution is -2.18. The summed E-state index contributed by atoms with van der Waals surface area (Å²) in [5.74, 6) is -3.11. The van der Waals surface area contributed by atoms with Crippen LogP contribution >= 0.6 is 0 Å². The van der Waals surface area contributed by atoms with Gasteiger partial charge in [-0.05, 0) is 19.1 Å². The van der Waals surface area contributed by atoms with E-state index in [0.29, 0.717) is 5.69 Å². The molecule has 0 saturated heterocycles. The van der Waals surface area contributed by atoms with E-state index in [0.717, 1.165) is 0 Å². The summed E-state index contributed by atoms with van der Waals surface area (Å²) in [7, 11) is 0. The Morgan fingerprint density at radius 1 is 1.27 bits per heavy atom. The SMILES string of the molecule is CC(C(=O)O)C(=O)N=Nc1ccccc1. The molecule has 0 fully saturated rings. The number of amides is 1. The van der Waals surface area contributed by atoms with Gasteiger partial charge in [0.2, 0.25) is 0 Å². The summed E-state index contributed by atoms with van der Waals surface area (Å²) in [5, 5.41) is 15.5. The molecule has 0 aliphatic heterocycles. The van der Waals surface area contributed by atoms with E-state index < -0.39 is 17.8 Å². The number of carboxylic acid groups (broad SMARTS) is 1. The predicted molar refractivity (Wildman–Crippen MR) is 52.8 cm³/mol. The molecule has 1 unspecified atom stereocenters. The van der Waals surface area contributed by atoms with Gasteiger partial charge in [-0.3, -0.25) is 9.59 Å². The van der Waals surface area contributed by atoms with Crippen LogP contribution in [-0.4, -0.2) is 17.0 Å². The standard InChI is InChI=1S/C10H10N2O3/c1-7(10(14)15)9(13)12-11-8-5-3-2-4-6-8/h2-7H,1H3,(H,14,15). The Labute approximate surface area is 86.5 Å². The zero-order valence-electron chi connectivity index (χ0n) is 8.12. The van der Waals surface area contributed by atoms with Gasteiger partial charge < -0.3 is 5.11 Å². The maximum absolute atomic E-state index is 11.1. The lowest BCUT2D eigenvalue weighted by Gasteiger charge is -1.97. The van der Waals surface area contributed by atoms with Crippen molar-refractivity contribution in [3.8, 4) is 0 Å². The van der Waals surface area contributed by atoms with Gasteiger partial charge in [0, 0.05) is 0 Å². The Hall–Kier alpha value is -2.04. The average molecular weight is 206 g/mol. The highest BCUT2D eigenvalue weighted by Crippen LogP contribution is 2.11. The fourth-order valence-corrected chi connectivity index (χ4v) is 0.794. The number of hydrogen-bond acceptors (Lipinski definition) is 3. The van der Waals surface area contributed by atoms with Gasteiger partial charge in [-0.1, -0.05) is 18.2 Å². The molecule has 0 bridgehead atoms. The maximum atomic E-state index is 11.1. The molecule has 78 valence electrons.